The van der Waals surface area contributed by atoms with Crippen LogP contribution in [0.5, 0.6) is 0 Å². The van der Waals surface area contributed by atoms with Crippen LogP contribution in [0, 0.1) is 0 Å². The highest BCUT2D eigenvalue weighted by Gasteiger charge is 2.07. The van der Waals surface area contributed by atoms with Crippen molar-refractivity contribution in [3.8, 4) is 0 Å². The topological polar surface area (TPSA) is 59.1 Å². The first-order chi connectivity index (χ1) is 7.31. The molecular weight excluding hydrogens is 188 g/mol. The molecule has 0 aliphatic carbocycles. The van der Waals surface area contributed by atoms with Crippen molar-refractivity contribution in [2.45, 2.75) is 12.5 Å². The van der Waals surface area contributed by atoms with Gasteiger partial charge in [-0.1, -0.05) is 24.3 Å². The van der Waals surface area contributed by atoms with Gasteiger partial charge in [0, 0.05) is 5.39 Å². The second-order valence-corrected chi connectivity index (χ2v) is 3.52. The van der Waals surface area contributed by atoms with E-state index in [2.05, 4.69) is 4.98 Å². The Bertz CT molecular complexity index is 456. The fraction of sp³-hybridized carbons (Fsp3) is 0.250. The molecule has 0 fully saturated rings. The summed E-state index contributed by atoms with van der Waals surface area (Å²) in [6.45, 7) is 0.468. The van der Waals surface area contributed by atoms with Crippen LogP contribution < -0.4 is 5.73 Å². The van der Waals surface area contributed by atoms with Crippen LogP contribution in [0.2, 0.25) is 0 Å². The lowest BCUT2D eigenvalue weighted by molar-refractivity contribution is 0.166. The minimum Gasteiger partial charge on any atom is -0.387 e. The lowest BCUT2D eigenvalue weighted by Crippen LogP contribution is -2.08. The van der Waals surface area contributed by atoms with Crippen molar-refractivity contribution in [2.24, 2.45) is 5.73 Å². The highest BCUT2D eigenvalue weighted by atomic mass is 16.3. The van der Waals surface area contributed by atoms with Gasteiger partial charge in [-0.2, -0.15) is 0 Å². The number of hydrogen-bond acceptors (Lipinski definition) is 3. The van der Waals surface area contributed by atoms with Gasteiger partial charge in [0.1, 0.15) is 0 Å². The number of aliphatic hydroxyl groups is 1. The number of aromatic nitrogens is 1. The molecule has 0 saturated carbocycles. The molecule has 0 amide bonds. The molecule has 3 heteroatoms. The van der Waals surface area contributed by atoms with Gasteiger partial charge in [0.05, 0.1) is 17.3 Å². The molecule has 0 aliphatic heterocycles. The first-order valence-corrected chi connectivity index (χ1v) is 5.05. The summed E-state index contributed by atoms with van der Waals surface area (Å²) in [5.74, 6) is 0. The van der Waals surface area contributed by atoms with Crippen LogP contribution in [0.3, 0.4) is 0 Å². The number of nitrogens with zero attached hydrogens (tertiary/aromatic N) is 1. The number of aliphatic hydroxyl groups excluding tert-OH is 1. The first kappa shape index (κ1) is 10.1. The van der Waals surface area contributed by atoms with E-state index in [9.17, 15) is 5.11 Å². The number of rotatable bonds is 3. The normalized spacial score (nSPS) is 12.9. The smallest absolute Gasteiger partial charge is 0.0972 e. The van der Waals surface area contributed by atoms with E-state index in [0.29, 0.717) is 18.7 Å². The zero-order valence-corrected chi connectivity index (χ0v) is 8.43. The Morgan fingerprint density at radius 2 is 2.00 bits per heavy atom. The number of nitrogens with two attached hydrogens (primary N) is 1. The molecule has 1 aromatic carbocycles. The monoisotopic (exact) mass is 202 g/mol. The molecule has 0 aliphatic rings. The average molecular weight is 202 g/mol. The van der Waals surface area contributed by atoms with Gasteiger partial charge in [0.15, 0.2) is 0 Å². The lowest BCUT2D eigenvalue weighted by atomic mass is 10.1. The van der Waals surface area contributed by atoms with E-state index in [1.54, 1.807) is 0 Å². The second kappa shape index (κ2) is 4.38. The summed E-state index contributed by atoms with van der Waals surface area (Å²) < 4.78 is 0. The fourth-order valence-electron chi connectivity index (χ4n) is 1.57. The number of pyridine rings is 1. The molecule has 1 heterocycles. The summed E-state index contributed by atoms with van der Waals surface area (Å²) in [6.07, 6.45) is -0.00896. The highest BCUT2D eigenvalue weighted by molar-refractivity contribution is 5.78. The Morgan fingerprint density at radius 3 is 2.80 bits per heavy atom. The highest BCUT2D eigenvalue weighted by Crippen LogP contribution is 2.18. The van der Waals surface area contributed by atoms with E-state index >= 15 is 0 Å². The Morgan fingerprint density at radius 1 is 1.20 bits per heavy atom. The van der Waals surface area contributed by atoms with Crippen LogP contribution in [0.25, 0.3) is 10.9 Å². The van der Waals surface area contributed by atoms with Gasteiger partial charge in [0.25, 0.3) is 0 Å². The van der Waals surface area contributed by atoms with E-state index in [0.717, 1.165) is 10.9 Å². The summed E-state index contributed by atoms with van der Waals surface area (Å²) in [5.41, 5.74) is 6.99. The predicted octanol–water partition coefficient (Wildman–Crippen LogP) is 1.62. The van der Waals surface area contributed by atoms with E-state index < -0.39 is 6.10 Å². The Labute approximate surface area is 88.6 Å². The third-order valence-corrected chi connectivity index (χ3v) is 2.40. The fourth-order valence-corrected chi connectivity index (χ4v) is 1.57. The number of para-hydroxylation sites is 1. The minimum atomic E-state index is -0.556. The summed E-state index contributed by atoms with van der Waals surface area (Å²) in [4.78, 5) is 4.39. The number of fused-ring (bicyclic) bond motifs is 1. The van der Waals surface area contributed by atoms with Crippen LogP contribution in [-0.2, 0) is 0 Å². The molecule has 0 saturated heterocycles. The number of hydrogen-bond donors (Lipinski definition) is 2. The van der Waals surface area contributed by atoms with Crippen LogP contribution >= 0.6 is 0 Å². The Kier molecular flexibility index (Phi) is 2.94. The molecule has 3 nitrogen and oxygen atoms in total. The molecule has 1 atom stereocenters. The molecule has 2 aromatic rings. The minimum absolute atomic E-state index is 0.468. The molecule has 0 unspecified atom stereocenters. The van der Waals surface area contributed by atoms with Crippen molar-refractivity contribution in [2.75, 3.05) is 6.54 Å². The maximum Gasteiger partial charge on any atom is 0.0972 e. The molecule has 1 aromatic heterocycles. The molecule has 3 N–H and O–H groups in total. The maximum atomic E-state index is 9.74. The standard InChI is InChI=1S/C12H14N2O/c13-8-7-12(15)11-6-5-9-3-1-2-4-10(9)14-11/h1-6,12,15H,7-8,13H2/t12-/m0/s1. The first-order valence-electron chi connectivity index (χ1n) is 5.05. The van der Waals surface area contributed by atoms with Crippen LogP contribution in [-0.4, -0.2) is 16.6 Å². The van der Waals surface area contributed by atoms with Crippen molar-refractivity contribution in [3.63, 3.8) is 0 Å². The van der Waals surface area contributed by atoms with Crippen molar-refractivity contribution < 1.29 is 5.11 Å². The van der Waals surface area contributed by atoms with Gasteiger partial charge in [-0.25, -0.2) is 0 Å². The van der Waals surface area contributed by atoms with Crippen molar-refractivity contribution >= 4 is 10.9 Å². The average Bonchev–Trinajstić information content (AvgIpc) is 2.29. The predicted molar refractivity (Wildman–Crippen MR) is 60.4 cm³/mol. The second-order valence-electron chi connectivity index (χ2n) is 3.52. The van der Waals surface area contributed by atoms with Gasteiger partial charge >= 0.3 is 0 Å². The van der Waals surface area contributed by atoms with Gasteiger partial charge in [-0.3, -0.25) is 4.98 Å². The molecule has 15 heavy (non-hydrogen) atoms. The van der Waals surface area contributed by atoms with E-state index in [1.807, 2.05) is 36.4 Å². The Balaban J connectivity index is 2.38. The van der Waals surface area contributed by atoms with Gasteiger partial charge < -0.3 is 10.8 Å². The molecule has 78 valence electrons. The maximum absolute atomic E-state index is 9.74. The number of benzene rings is 1. The zero-order valence-electron chi connectivity index (χ0n) is 8.43. The van der Waals surface area contributed by atoms with Gasteiger partial charge in [-0.05, 0) is 25.1 Å². The molecule has 0 bridgehead atoms. The van der Waals surface area contributed by atoms with Crippen molar-refractivity contribution in [3.05, 3.63) is 42.1 Å². The molecule has 2 rings (SSSR count). The van der Waals surface area contributed by atoms with E-state index in [-0.39, 0.29) is 0 Å². The largest absolute Gasteiger partial charge is 0.387 e. The summed E-state index contributed by atoms with van der Waals surface area (Å²) in [7, 11) is 0. The summed E-state index contributed by atoms with van der Waals surface area (Å²) >= 11 is 0. The zero-order chi connectivity index (χ0) is 10.7. The van der Waals surface area contributed by atoms with Crippen molar-refractivity contribution in [1.29, 1.82) is 0 Å². The summed E-state index contributed by atoms with van der Waals surface area (Å²) in [5, 5.41) is 10.8. The van der Waals surface area contributed by atoms with Crippen LogP contribution in [0.4, 0.5) is 0 Å². The van der Waals surface area contributed by atoms with Crippen molar-refractivity contribution in [1.82, 2.24) is 4.98 Å². The third kappa shape index (κ3) is 2.14. The molecule has 0 spiro atoms. The van der Waals surface area contributed by atoms with Gasteiger partial charge in [0.2, 0.25) is 0 Å². The Hall–Kier alpha value is -1.45. The van der Waals surface area contributed by atoms with Crippen LogP contribution in [0.15, 0.2) is 36.4 Å². The quantitative estimate of drug-likeness (QED) is 0.795. The van der Waals surface area contributed by atoms with E-state index in [4.69, 9.17) is 5.73 Å². The molecule has 0 radical (unpaired) electrons. The van der Waals surface area contributed by atoms with Gasteiger partial charge in [-0.15, -0.1) is 0 Å². The van der Waals surface area contributed by atoms with E-state index in [1.165, 1.54) is 0 Å². The van der Waals surface area contributed by atoms with Crippen LogP contribution in [0.1, 0.15) is 18.2 Å². The SMILES string of the molecule is NCC[C@H](O)c1ccc2ccccc2n1. The third-order valence-electron chi connectivity index (χ3n) is 2.40. The summed E-state index contributed by atoms with van der Waals surface area (Å²) in [6, 6.07) is 11.7. The lowest BCUT2D eigenvalue weighted by Gasteiger charge is -2.09. The molecular formula is C12H14N2O.